The van der Waals surface area contributed by atoms with Crippen LogP contribution in [0.25, 0.3) is 11.0 Å². The molecule has 1 fully saturated rings. The van der Waals surface area contributed by atoms with Gasteiger partial charge in [-0.05, 0) is 37.1 Å². The molecule has 4 aromatic heterocycles. The van der Waals surface area contributed by atoms with E-state index in [-0.39, 0.29) is 0 Å². The number of nitrogens with zero attached hydrogens (tertiary/aromatic N) is 6. The molecule has 0 spiro atoms. The second-order valence-corrected chi connectivity index (χ2v) is 7.74. The Bertz CT molecular complexity index is 1090. The molecule has 1 aliphatic rings. The van der Waals surface area contributed by atoms with Crippen molar-refractivity contribution in [3.05, 3.63) is 48.0 Å². The number of aromatic nitrogens is 6. The first-order chi connectivity index (χ1) is 13.8. The number of hydrogen-bond acceptors (Lipinski definition) is 9. The third-order valence-corrected chi connectivity index (χ3v) is 5.77. The standard InChI is InChI=1S/C19H18N8S/c1-2-4-12(3-1)18-26-27-19(28-18)25-17-6-5-14-15(24-17)9-13(10-21-14)23-16-7-8-20-11-22-16/h5-12H,1-4H2,(H,20,22,23)(H,24,25,27). The van der Waals surface area contributed by atoms with E-state index in [1.807, 2.05) is 18.2 Å². The summed E-state index contributed by atoms with van der Waals surface area (Å²) in [6, 6.07) is 7.59. The summed E-state index contributed by atoms with van der Waals surface area (Å²) < 4.78 is 0. The molecular weight excluding hydrogens is 372 g/mol. The minimum Gasteiger partial charge on any atom is -0.339 e. The molecule has 28 heavy (non-hydrogen) atoms. The number of rotatable bonds is 5. The summed E-state index contributed by atoms with van der Waals surface area (Å²) in [5.74, 6) is 2.00. The monoisotopic (exact) mass is 390 g/mol. The Kier molecular flexibility index (Phi) is 4.50. The fourth-order valence-electron chi connectivity index (χ4n) is 3.39. The van der Waals surface area contributed by atoms with Crippen LogP contribution in [0.2, 0.25) is 0 Å². The summed E-state index contributed by atoms with van der Waals surface area (Å²) in [4.78, 5) is 17.2. The first kappa shape index (κ1) is 16.9. The minimum absolute atomic E-state index is 0.567. The van der Waals surface area contributed by atoms with Crippen molar-refractivity contribution in [3.63, 3.8) is 0 Å². The van der Waals surface area contributed by atoms with Crippen molar-refractivity contribution in [3.8, 4) is 0 Å². The third kappa shape index (κ3) is 3.61. The summed E-state index contributed by atoms with van der Waals surface area (Å²) in [5.41, 5.74) is 2.42. The fraction of sp³-hybridized carbons (Fsp3) is 0.263. The third-order valence-electron chi connectivity index (χ3n) is 4.77. The van der Waals surface area contributed by atoms with Gasteiger partial charge in [0, 0.05) is 12.1 Å². The Morgan fingerprint density at radius 1 is 0.929 bits per heavy atom. The molecule has 0 atom stereocenters. The molecule has 0 aliphatic heterocycles. The number of fused-ring (bicyclic) bond motifs is 1. The number of pyridine rings is 2. The molecule has 4 aromatic rings. The zero-order valence-electron chi connectivity index (χ0n) is 15.0. The molecule has 1 saturated carbocycles. The average molecular weight is 390 g/mol. The molecule has 0 amide bonds. The molecule has 0 aromatic carbocycles. The van der Waals surface area contributed by atoms with Gasteiger partial charge in [0.15, 0.2) is 0 Å². The largest absolute Gasteiger partial charge is 0.339 e. The van der Waals surface area contributed by atoms with Crippen molar-refractivity contribution in [2.75, 3.05) is 10.6 Å². The van der Waals surface area contributed by atoms with Crippen LogP contribution < -0.4 is 10.6 Å². The van der Waals surface area contributed by atoms with E-state index in [0.29, 0.717) is 11.7 Å². The highest BCUT2D eigenvalue weighted by atomic mass is 32.1. The topological polar surface area (TPSA) is 101 Å². The van der Waals surface area contributed by atoms with E-state index < -0.39 is 0 Å². The van der Waals surface area contributed by atoms with Gasteiger partial charge in [-0.25, -0.2) is 15.0 Å². The van der Waals surface area contributed by atoms with Crippen molar-refractivity contribution in [2.24, 2.45) is 0 Å². The van der Waals surface area contributed by atoms with E-state index in [9.17, 15) is 0 Å². The molecule has 140 valence electrons. The predicted octanol–water partition coefficient (Wildman–Crippen LogP) is 4.42. The van der Waals surface area contributed by atoms with E-state index in [0.717, 1.165) is 32.7 Å². The van der Waals surface area contributed by atoms with Crippen LogP contribution in [0.4, 0.5) is 22.5 Å². The van der Waals surface area contributed by atoms with Crippen molar-refractivity contribution in [1.82, 2.24) is 30.1 Å². The number of anilines is 4. The first-order valence-electron chi connectivity index (χ1n) is 9.24. The number of nitrogens with one attached hydrogen (secondary N) is 2. The summed E-state index contributed by atoms with van der Waals surface area (Å²) in [6.45, 7) is 0. The zero-order valence-corrected chi connectivity index (χ0v) is 15.9. The SMILES string of the molecule is c1cc(Nc2cnc3ccc(Nc4nnc(C5CCCC5)s4)nc3c2)ncn1. The lowest BCUT2D eigenvalue weighted by atomic mass is 10.1. The van der Waals surface area contributed by atoms with E-state index in [1.165, 1.54) is 32.0 Å². The quantitative estimate of drug-likeness (QED) is 0.516. The van der Waals surface area contributed by atoms with Crippen molar-refractivity contribution in [2.45, 2.75) is 31.6 Å². The van der Waals surface area contributed by atoms with Gasteiger partial charge in [-0.3, -0.25) is 4.98 Å². The fourth-order valence-corrected chi connectivity index (χ4v) is 4.31. The molecule has 9 heteroatoms. The Morgan fingerprint density at radius 3 is 2.71 bits per heavy atom. The van der Waals surface area contributed by atoms with Gasteiger partial charge in [-0.2, -0.15) is 0 Å². The van der Waals surface area contributed by atoms with E-state index in [1.54, 1.807) is 29.8 Å². The highest BCUT2D eigenvalue weighted by Gasteiger charge is 2.21. The van der Waals surface area contributed by atoms with Crippen molar-refractivity contribution in [1.29, 1.82) is 0 Å². The van der Waals surface area contributed by atoms with Crippen LogP contribution in [0.5, 0.6) is 0 Å². The normalized spacial score (nSPS) is 14.4. The Morgan fingerprint density at radius 2 is 1.86 bits per heavy atom. The average Bonchev–Trinajstić information content (AvgIpc) is 3.40. The smallest absolute Gasteiger partial charge is 0.211 e. The molecule has 1 aliphatic carbocycles. The Balaban J connectivity index is 1.36. The minimum atomic E-state index is 0.567. The maximum absolute atomic E-state index is 4.67. The van der Waals surface area contributed by atoms with Gasteiger partial charge in [0.2, 0.25) is 5.13 Å². The van der Waals surface area contributed by atoms with Crippen molar-refractivity contribution < 1.29 is 0 Å². The van der Waals surface area contributed by atoms with Gasteiger partial charge in [-0.1, -0.05) is 24.2 Å². The first-order valence-corrected chi connectivity index (χ1v) is 10.1. The van der Waals surface area contributed by atoms with Crippen LogP contribution in [0, 0.1) is 0 Å². The van der Waals surface area contributed by atoms with Gasteiger partial charge in [0.25, 0.3) is 0 Å². The second kappa shape index (κ2) is 7.43. The summed E-state index contributed by atoms with van der Waals surface area (Å²) in [5, 5.41) is 17.0. The zero-order chi connectivity index (χ0) is 18.8. The van der Waals surface area contributed by atoms with Crippen LogP contribution >= 0.6 is 11.3 Å². The molecule has 0 unspecified atom stereocenters. The Hall–Kier alpha value is -3.20. The van der Waals surface area contributed by atoms with E-state index in [2.05, 4.69) is 40.8 Å². The Labute approximate surface area is 165 Å². The molecule has 0 saturated heterocycles. The lowest BCUT2D eigenvalue weighted by molar-refractivity contribution is 0.705. The molecule has 5 rings (SSSR count). The molecule has 8 nitrogen and oxygen atoms in total. The summed E-state index contributed by atoms with van der Waals surface area (Å²) >= 11 is 1.62. The maximum Gasteiger partial charge on any atom is 0.211 e. The van der Waals surface area contributed by atoms with Crippen molar-refractivity contribution >= 4 is 44.8 Å². The summed E-state index contributed by atoms with van der Waals surface area (Å²) in [6.07, 6.45) is 9.96. The van der Waals surface area contributed by atoms with Gasteiger partial charge >= 0.3 is 0 Å². The molecule has 0 radical (unpaired) electrons. The summed E-state index contributed by atoms with van der Waals surface area (Å²) in [7, 11) is 0. The highest BCUT2D eigenvalue weighted by molar-refractivity contribution is 7.15. The van der Waals surface area contributed by atoms with Crippen LogP contribution in [0.15, 0.2) is 43.0 Å². The predicted molar refractivity (Wildman–Crippen MR) is 109 cm³/mol. The lowest BCUT2D eigenvalue weighted by Gasteiger charge is -2.07. The van der Waals surface area contributed by atoms with Crippen LogP contribution in [0.3, 0.4) is 0 Å². The molecular formula is C19H18N8S. The van der Waals surface area contributed by atoms with Crippen LogP contribution in [0.1, 0.15) is 36.6 Å². The van der Waals surface area contributed by atoms with Gasteiger partial charge in [0.1, 0.15) is 23.0 Å². The maximum atomic E-state index is 4.67. The van der Waals surface area contributed by atoms with Gasteiger partial charge in [-0.15, -0.1) is 10.2 Å². The van der Waals surface area contributed by atoms with E-state index in [4.69, 9.17) is 0 Å². The van der Waals surface area contributed by atoms with Gasteiger partial charge in [0.05, 0.1) is 22.9 Å². The molecule has 2 N–H and O–H groups in total. The van der Waals surface area contributed by atoms with Crippen LogP contribution in [-0.4, -0.2) is 30.1 Å². The van der Waals surface area contributed by atoms with Gasteiger partial charge < -0.3 is 10.6 Å². The molecule has 4 heterocycles. The van der Waals surface area contributed by atoms with E-state index >= 15 is 0 Å². The molecule has 0 bridgehead atoms. The lowest BCUT2D eigenvalue weighted by Crippen LogP contribution is -1.97. The highest BCUT2D eigenvalue weighted by Crippen LogP contribution is 2.36. The van der Waals surface area contributed by atoms with Crippen LogP contribution in [-0.2, 0) is 0 Å². The second-order valence-electron chi connectivity index (χ2n) is 6.73. The number of hydrogen-bond donors (Lipinski definition) is 2.